The number of aryl methyl sites for hydroxylation is 1. The standard InChI is InChI=1S/C14H22N2/c1-5-6-16-14(7-11(2)3)13-8-12(4)9-15-10-13/h8-10,14,16H,2,5-7H2,1,3-4H3. The fraction of sp³-hybridized carbons (Fsp3) is 0.500. The molecule has 0 amide bonds. The van der Waals surface area contributed by atoms with Gasteiger partial charge >= 0.3 is 0 Å². The molecule has 2 heteroatoms. The number of hydrogen-bond acceptors (Lipinski definition) is 2. The summed E-state index contributed by atoms with van der Waals surface area (Å²) in [5.74, 6) is 0. The predicted molar refractivity (Wildman–Crippen MR) is 69.4 cm³/mol. The largest absolute Gasteiger partial charge is 0.310 e. The molecule has 1 aromatic rings. The van der Waals surface area contributed by atoms with Crippen molar-refractivity contribution in [2.24, 2.45) is 0 Å². The second kappa shape index (κ2) is 6.44. The summed E-state index contributed by atoms with van der Waals surface area (Å²) in [6.07, 6.45) is 5.96. The zero-order valence-electron chi connectivity index (χ0n) is 10.6. The van der Waals surface area contributed by atoms with E-state index in [1.54, 1.807) is 0 Å². The lowest BCUT2D eigenvalue weighted by atomic mass is 10.0. The van der Waals surface area contributed by atoms with Crippen LogP contribution in [0.25, 0.3) is 0 Å². The van der Waals surface area contributed by atoms with Gasteiger partial charge in [-0.2, -0.15) is 0 Å². The van der Waals surface area contributed by atoms with Gasteiger partial charge in [0.15, 0.2) is 0 Å². The molecule has 1 unspecified atom stereocenters. The molecule has 0 bridgehead atoms. The minimum atomic E-state index is 0.352. The summed E-state index contributed by atoms with van der Waals surface area (Å²) >= 11 is 0. The van der Waals surface area contributed by atoms with Gasteiger partial charge in [0.05, 0.1) is 0 Å². The molecule has 1 aromatic heterocycles. The van der Waals surface area contributed by atoms with Gasteiger partial charge in [-0.3, -0.25) is 4.98 Å². The van der Waals surface area contributed by atoms with Crippen LogP contribution in [0, 0.1) is 6.92 Å². The van der Waals surface area contributed by atoms with Gasteiger partial charge in [0.25, 0.3) is 0 Å². The van der Waals surface area contributed by atoms with Crippen molar-refractivity contribution >= 4 is 0 Å². The molecule has 88 valence electrons. The Labute approximate surface area is 98.8 Å². The van der Waals surface area contributed by atoms with Crippen LogP contribution in [0.4, 0.5) is 0 Å². The van der Waals surface area contributed by atoms with E-state index in [0.717, 1.165) is 19.4 Å². The topological polar surface area (TPSA) is 24.9 Å². The molecule has 1 atom stereocenters. The maximum atomic E-state index is 4.25. The Morgan fingerprint density at radius 3 is 2.81 bits per heavy atom. The van der Waals surface area contributed by atoms with Gasteiger partial charge in [0.1, 0.15) is 0 Å². The minimum absolute atomic E-state index is 0.352. The predicted octanol–water partition coefficient (Wildman–Crippen LogP) is 3.40. The highest BCUT2D eigenvalue weighted by molar-refractivity contribution is 5.21. The summed E-state index contributed by atoms with van der Waals surface area (Å²) in [6, 6.07) is 2.55. The molecule has 1 heterocycles. The molecule has 16 heavy (non-hydrogen) atoms. The molecule has 0 aliphatic rings. The van der Waals surface area contributed by atoms with E-state index < -0.39 is 0 Å². The molecule has 0 aromatic carbocycles. The molecule has 1 N–H and O–H groups in total. The first kappa shape index (κ1) is 12.9. The first-order valence-electron chi connectivity index (χ1n) is 5.92. The molecule has 0 aliphatic carbocycles. The van der Waals surface area contributed by atoms with Crippen molar-refractivity contribution in [1.82, 2.24) is 10.3 Å². The number of pyridine rings is 1. The second-order valence-corrected chi connectivity index (χ2v) is 4.46. The van der Waals surface area contributed by atoms with E-state index in [1.807, 2.05) is 12.4 Å². The number of rotatable bonds is 6. The van der Waals surface area contributed by atoms with Gasteiger partial charge in [0.2, 0.25) is 0 Å². The van der Waals surface area contributed by atoms with Crippen molar-refractivity contribution in [2.75, 3.05) is 6.54 Å². The average Bonchev–Trinajstić information content (AvgIpc) is 2.23. The summed E-state index contributed by atoms with van der Waals surface area (Å²) in [7, 11) is 0. The fourth-order valence-corrected chi connectivity index (χ4v) is 1.74. The van der Waals surface area contributed by atoms with E-state index in [9.17, 15) is 0 Å². The van der Waals surface area contributed by atoms with Crippen molar-refractivity contribution in [3.05, 3.63) is 41.7 Å². The van der Waals surface area contributed by atoms with Crippen LogP contribution in [0.1, 0.15) is 43.9 Å². The fourth-order valence-electron chi connectivity index (χ4n) is 1.74. The van der Waals surface area contributed by atoms with Gasteiger partial charge < -0.3 is 5.32 Å². The van der Waals surface area contributed by atoms with Gasteiger partial charge in [-0.25, -0.2) is 0 Å². The molecule has 0 aliphatic heterocycles. The lowest BCUT2D eigenvalue weighted by Gasteiger charge is -2.19. The minimum Gasteiger partial charge on any atom is -0.310 e. The third-order valence-electron chi connectivity index (χ3n) is 2.49. The van der Waals surface area contributed by atoms with Crippen molar-refractivity contribution < 1.29 is 0 Å². The van der Waals surface area contributed by atoms with E-state index in [1.165, 1.54) is 16.7 Å². The van der Waals surface area contributed by atoms with Crippen LogP contribution >= 0.6 is 0 Å². The van der Waals surface area contributed by atoms with E-state index in [4.69, 9.17) is 0 Å². The molecule has 2 nitrogen and oxygen atoms in total. The smallest absolute Gasteiger partial charge is 0.0372 e. The molecule has 0 saturated carbocycles. The monoisotopic (exact) mass is 218 g/mol. The molecule has 0 spiro atoms. The van der Waals surface area contributed by atoms with Crippen LogP contribution in [0.15, 0.2) is 30.6 Å². The number of hydrogen-bond donors (Lipinski definition) is 1. The Bertz CT molecular complexity index is 344. The van der Waals surface area contributed by atoms with E-state index in [0.29, 0.717) is 6.04 Å². The molecular weight excluding hydrogens is 196 g/mol. The van der Waals surface area contributed by atoms with Gasteiger partial charge in [-0.15, -0.1) is 6.58 Å². The lowest BCUT2D eigenvalue weighted by molar-refractivity contribution is 0.526. The van der Waals surface area contributed by atoms with Crippen LogP contribution in [-0.4, -0.2) is 11.5 Å². The highest BCUT2D eigenvalue weighted by Crippen LogP contribution is 2.20. The van der Waals surface area contributed by atoms with Crippen LogP contribution in [0.3, 0.4) is 0 Å². The quantitative estimate of drug-likeness (QED) is 0.740. The van der Waals surface area contributed by atoms with Crippen LogP contribution in [-0.2, 0) is 0 Å². The average molecular weight is 218 g/mol. The van der Waals surface area contributed by atoms with Crippen molar-refractivity contribution in [2.45, 2.75) is 39.7 Å². The molecule has 1 rings (SSSR count). The Balaban J connectivity index is 2.78. The maximum Gasteiger partial charge on any atom is 0.0372 e. The second-order valence-electron chi connectivity index (χ2n) is 4.46. The lowest BCUT2D eigenvalue weighted by Crippen LogP contribution is -2.22. The Morgan fingerprint density at radius 1 is 1.50 bits per heavy atom. The highest BCUT2D eigenvalue weighted by Gasteiger charge is 2.10. The number of nitrogens with one attached hydrogen (secondary N) is 1. The van der Waals surface area contributed by atoms with Gasteiger partial charge in [-0.05, 0) is 44.4 Å². The van der Waals surface area contributed by atoms with E-state index in [2.05, 4.69) is 43.7 Å². The van der Waals surface area contributed by atoms with Crippen LogP contribution < -0.4 is 5.32 Å². The molecule has 0 saturated heterocycles. The summed E-state index contributed by atoms with van der Waals surface area (Å²) in [5, 5.41) is 3.54. The summed E-state index contributed by atoms with van der Waals surface area (Å²) in [4.78, 5) is 4.25. The van der Waals surface area contributed by atoms with Crippen LogP contribution in [0.5, 0.6) is 0 Å². The number of nitrogens with zero attached hydrogens (tertiary/aromatic N) is 1. The first-order valence-corrected chi connectivity index (χ1v) is 5.92. The Kier molecular flexibility index (Phi) is 5.20. The van der Waals surface area contributed by atoms with Crippen LogP contribution in [0.2, 0.25) is 0 Å². The Morgan fingerprint density at radius 2 is 2.25 bits per heavy atom. The van der Waals surface area contributed by atoms with Gasteiger partial charge in [0, 0.05) is 18.4 Å². The molecule has 0 radical (unpaired) electrons. The molecular formula is C14H22N2. The maximum absolute atomic E-state index is 4.25. The third kappa shape index (κ3) is 4.15. The zero-order chi connectivity index (χ0) is 12.0. The number of aromatic nitrogens is 1. The summed E-state index contributed by atoms with van der Waals surface area (Å²) < 4.78 is 0. The summed E-state index contributed by atoms with van der Waals surface area (Å²) in [5.41, 5.74) is 3.68. The zero-order valence-corrected chi connectivity index (χ0v) is 10.6. The highest BCUT2D eigenvalue weighted by atomic mass is 14.9. The van der Waals surface area contributed by atoms with Crippen molar-refractivity contribution in [3.8, 4) is 0 Å². The summed E-state index contributed by atoms with van der Waals surface area (Å²) in [6.45, 7) is 11.4. The van der Waals surface area contributed by atoms with E-state index >= 15 is 0 Å². The molecule has 0 fully saturated rings. The van der Waals surface area contributed by atoms with E-state index in [-0.39, 0.29) is 0 Å². The third-order valence-corrected chi connectivity index (χ3v) is 2.49. The van der Waals surface area contributed by atoms with Crippen molar-refractivity contribution in [1.29, 1.82) is 0 Å². The Hall–Kier alpha value is -1.15. The first-order chi connectivity index (χ1) is 7.63. The SMILES string of the molecule is C=C(C)CC(NCCC)c1cncc(C)c1. The van der Waals surface area contributed by atoms with Crippen molar-refractivity contribution in [3.63, 3.8) is 0 Å². The normalized spacial score (nSPS) is 12.4. The van der Waals surface area contributed by atoms with Gasteiger partial charge in [-0.1, -0.05) is 18.6 Å².